The SMILES string of the molecule is CCCC(CCN)CCC(=O)N1CC=C(C)CC1. The third-order valence-electron chi connectivity index (χ3n) is 3.83. The standard InChI is InChI=1S/C15H28N2O/c1-3-4-14(7-10-16)5-6-15(18)17-11-8-13(2)9-12-17/h8,14H,3-7,9-12,16H2,1-2H3. The van der Waals surface area contributed by atoms with Crippen LogP contribution in [0.4, 0.5) is 0 Å². The highest BCUT2D eigenvalue weighted by Crippen LogP contribution is 2.18. The van der Waals surface area contributed by atoms with Gasteiger partial charge in [0.15, 0.2) is 0 Å². The van der Waals surface area contributed by atoms with Crippen molar-refractivity contribution in [1.82, 2.24) is 4.90 Å². The fourth-order valence-electron chi connectivity index (χ4n) is 2.56. The van der Waals surface area contributed by atoms with E-state index in [0.717, 1.165) is 38.9 Å². The minimum atomic E-state index is 0.317. The van der Waals surface area contributed by atoms with Crippen LogP contribution < -0.4 is 5.73 Å². The minimum absolute atomic E-state index is 0.317. The van der Waals surface area contributed by atoms with Gasteiger partial charge in [0.1, 0.15) is 0 Å². The summed E-state index contributed by atoms with van der Waals surface area (Å²) in [6, 6.07) is 0. The third-order valence-corrected chi connectivity index (χ3v) is 3.83. The Bertz CT molecular complexity index is 280. The second kappa shape index (κ2) is 8.30. The molecule has 18 heavy (non-hydrogen) atoms. The number of hydrogen-bond donors (Lipinski definition) is 1. The normalized spacial score (nSPS) is 17.5. The molecule has 1 heterocycles. The van der Waals surface area contributed by atoms with Gasteiger partial charge in [-0.05, 0) is 38.6 Å². The van der Waals surface area contributed by atoms with Gasteiger partial charge >= 0.3 is 0 Å². The van der Waals surface area contributed by atoms with Gasteiger partial charge in [0, 0.05) is 19.5 Å². The fourth-order valence-corrected chi connectivity index (χ4v) is 2.56. The van der Waals surface area contributed by atoms with E-state index in [1.807, 2.05) is 4.90 Å². The molecule has 0 fully saturated rings. The molecule has 0 aromatic rings. The lowest BCUT2D eigenvalue weighted by atomic mass is 9.94. The third kappa shape index (κ3) is 5.21. The molecule has 1 aliphatic heterocycles. The number of hydrogen-bond acceptors (Lipinski definition) is 2. The highest BCUT2D eigenvalue weighted by Gasteiger charge is 2.17. The Morgan fingerprint density at radius 3 is 2.78 bits per heavy atom. The molecule has 0 spiro atoms. The Balaban J connectivity index is 2.31. The molecule has 0 saturated carbocycles. The summed E-state index contributed by atoms with van der Waals surface area (Å²) in [5.41, 5.74) is 7.03. The smallest absolute Gasteiger partial charge is 0.222 e. The number of rotatable bonds is 7. The van der Waals surface area contributed by atoms with Crippen LogP contribution in [-0.4, -0.2) is 30.4 Å². The average molecular weight is 252 g/mol. The molecule has 0 aromatic carbocycles. The van der Waals surface area contributed by atoms with Gasteiger partial charge in [-0.2, -0.15) is 0 Å². The second-order valence-corrected chi connectivity index (χ2v) is 5.41. The lowest BCUT2D eigenvalue weighted by Gasteiger charge is -2.26. The molecule has 1 rings (SSSR count). The van der Waals surface area contributed by atoms with Gasteiger partial charge in [-0.25, -0.2) is 0 Å². The first-order valence-corrected chi connectivity index (χ1v) is 7.30. The first kappa shape index (κ1) is 15.2. The maximum Gasteiger partial charge on any atom is 0.222 e. The Hall–Kier alpha value is -0.830. The van der Waals surface area contributed by atoms with Crippen LogP contribution in [0.2, 0.25) is 0 Å². The fraction of sp³-hybridized carbons (Fsp3) is 0.800. The van der Waals surface area contributed by atoms with E-state index >= 15 is 0 Å². The van der Waals surface area contributed by atoms with Crippen LogP contribution >= 0.6 is 0 Å². The van der Waals surface area contributed by atoms with Crippen LogP contribution in [0.3, 0.4) is 0 Å². The first-order chi connectivity index (χ1) is 8.67. The van der Waals surface area contributed by atoms with Crippen molar-refractivity contribution in [3.63, 3.8) is 0 Å². The van der Waals surface area contributed by atoms with Gasteiger partial charge in [-0.3, -0.25) is 4.79 Å². The molecule has 0 radical (unpaired) electrons. The minimum Gasteiger partial charge on any atom is -0.339 e. The second-order valence-electron chi connectivity index (χ2n) is 5.41. The lowest BCUT2D eigenvalue weighted by Crippen LogP contribution is -2.34. The topological polar surface area (TPSA) is 46.3 Å². The van der Waals surface area contributed by atoms with Crippen molar-refractivity contribution in [2.45, 2.75) is 52.4 Å². The lowest BCUT2D eigenvalue weighted by molar-refractivity contribution is -0.131. The Morgan fingerprint density at radius 2 is 2.22 bits per heavy atom. The van der Waals surface area contributed by atoms with Gasteiger partial charge in [-0.15, -0.1) is 0 Å². The average Bonchev–Trinajstić information content (AvgIpc) is 2.37. The van der Waals surface area contributed by atoms with Crippen LogP contribution in [0.1, 0.15) is 52.4 Å². The molecule has 0 saturated heterocycles. The molecule has 0 bridgehead atoms. The van der Waals surface area contributed by atoms with E-state index in [1.165, 1.54) is 18.4 Å². The number of amides is 1. The largest absolute Gasteiger partial charge is 0.339 e. The predicted molar refractivity (Wildman–Crippen MR) is 76.3 cm³/mol. The van der Waals surface area contributed by atoms with E-state index in [0.29, 0.717) is 18.2 Å². The zero-order valence-corrected chi connectivity index (χ0v) is 12.0. The molecule has 3 nitrogen and oxygen atoms in total. The Labute approximate surface area is 111 Å². The number of carbonyl (C=O) groups excluding carboxylic acids is 1. The van der Waals surface area contributed by atoms with Crippen LogP contribution in [-0.2, 0) is 4.79 Å². The van der Waals surface area contributed by atoms with Crippen molar-refractivity contribution < 1.29 is 4.79 Å². The van der Waals surface area contributed by atoms with Gasteiger partial charge in [-0.1, -0.05) is 31.4 Å². The summed E-state index contributed by atoms with van der Waals surface area (Å²) in [6.45, 7) is 6.78. The van der Waals surface area contributed by atoms with Crippen molar-refractivity contribution in [3.05, 3.63) is 11.6 Å². The summed E-state index contributed by atoms with van der Waals surface area (Å²) in [5, 5.41) is 0. The molecule has 3 heteroatoms. The van der Waals surface area contributed by atoms with E-state index in [-0.39, 0.29) is 0 Å². The maximum atomic E-state index is 12.1. The number of nitrogens with zero attached hydrogens (tertiary/aromatic N) is 1. The number of nitrogens with two attached hydrogens (primary N) is 1. The molecule has 0 aliphatic carbocycles. The van der Waals surface area contributed by atoms with Gasteiger partial charge in [0.05, 0.1) is 0 Å². The molecule has 0 aromatic heterocycles. The maximum absolute atomic E-state index is 12.1. The van der Waals surface area contributed by atoms with E-state index in [9.17, 15) is 4.79 Å². The van der Waals surface area contributed by atoms with Gasteiger partial charge < -0.3 is 10.6 Å². The highest BCUT2D eigenvalue weighted by molar-refractivity contribution is 5.76. The van der Waals surface area contributed by atoms with Crippen LogP contribution in [0.25, 0.3) is 0 Å². The van der Waals surface area contributed by atoms with E-state index in [4.69, 9.17) is 5.73 Å². The summed E-state index contributed by atoms with van der Waals surface area (Å²) >= 11 is 0. The first-order valence-electron chi connectivity index (χ1n) is 7.30. The molecular formula is C15H28N2O. The monoisotopic (exact) mass is 252 g/mol. The summed E-state index contributed by atoms with van der Waals surface area (Å²) in [7, 11) is 0. The summed E-state index contributed by atoms with van der Waals surface area (Å²) in [4.78, 5) is 14.1. The highest BCUT2D eigenvalue weighted by atomic mass is 16.2. The molecular weight excluding hydrogens is 224 g/mol. The van der Waals surface area contributed by atoms with Crippen LogP contribution in [0.15, 0.2) is 11.6 Å². The van der Waals surface area contributed by atoms with Gasteiger partial charge in [0.2, 0.25) is 5.91 Å². The van der Waals surface area contributed by atoms with E-state index < -0.39 is 0 Å². The van der Waals surface area contributed by atoms with Crippen LogP contribution in [0.5, 0.6) is 0 Å². The summed E-state index contributed by atoms with van der Waals surface area (Å²) in [6.07, 6.45) is 8.34. The van der Waals surface area contributed by atoms with Crippen molar-refractivity contribution in [2.75, 3.05) is 19.6 Å². The molecule has 2 N–H and O–H groups in total. The van der Waals surface area contributed by atoms with Crippen LogP contribution in [0, 0.1) is 5.92 Å². The quantitative estimate of drug-likeness (QED) is 0.708. The summed E-state index contributed by atoms with van der Waals surface area (Å²) < 4.78 is 0. The van der Waals surface area contributed by atoms with E-state index in [1.54, 1.807) is 0 Å². The van der Waals surface area contributed by atoms with E-state index in [2.05, 4.69) is 19.9 Å². The number of carbonyl (C=O) groups is 1. The Morgan fingerprint density at radius 1 is 1.44 bits per heavy atom. The molecule has 1 amide bonds. The van der Waals surface area contributed by atoms with Crippen molar-refractivity contribution in [3.8, 4) is 0 Å². The molecule has 104 valence electrons. The molecule has 1 unspecified atom stereocenters. The summed E-state index contributed by atoms with van der Waals surface area (Å²) in [5.74, 6) is 0.947. The van der Waals surface area contributed by atoms with Crippen molar-refractivity contribution in [1.29, 1.82) is 0 Å². The Kier molecular flexibility index (Phi) is 7.02. The van der Waals surface area contributed by atoms with Gasteiger partial charge in [0.25, 0.3) is 0 Å². The predicted octanol–water partition coefficient (Wildman–Crippen LogP) is 2.71. The van der Waals surface area contributed by atoms with Crippen molar-refractivity contribution in [2.24, 2.45) is 11.7 Å². The van der Waals surface area contributed by atoms with Crippen molar-refractivity contribution >= 4 is 5.91 Å². The molecule has 1 atom stereocenters. The molecule has 1 aliphatic rings. The zero-order chi connectivity index (χ0) is 13.4. The zero-order valence-electron chi connectivity index (χ0n) is 12.0.